The topological polar surface area (TPSA) is 85.0 Å². The molecule has 4 amide bonds. The van der Waals surface area contributed by atoms with Crippen molar-refractivity contribution in [2.45, 2.75) is 62.4 Å². The lowest BCUT2D eigenvalue weighted by molar-refractivity contribution is -0.137. The van der Waals surface area contributed by atoms with Gasteiger partial charge in [-0.1, -0.05) is 18.2 Å². The van der Waals surface area contributed by atoms with Gasteiger partial charge in [0, 0.05) is 31.4 Å². The van der Waals surface area contributed by atoms with Gasteiger partial charge in [-0.25, -0.2) is 4.79 Å². The lowest BCUT2D eigenvalue weighted by Gasteiger charge is -2.57. The van der Waals surface area contributed by atoms with E-state index >= 15 is 0 Å². The Morgan fingerprint density at radius 2 is 1.57 bits per heavy atom. The molecule has 0 atom stereocenters. The molecular formula is C27H37N5O3. The summed E-state index contributed by atoms with van der Waals surface area (Å²) in [6.07, 6.45) is 8.60. The van der Waals surface area contributed by atoms with Gasteiger partial charge in [0.05, 0.1) is 6.67 Å². The first-order valence-electron chi connectivity index (χ1n) is 13.3. The van der Waals surface area contributed by atoms with Gasteiger partial charge in [0.1, 0.15) is 12.1 Å². The summed E-state index contributed by atoms with van der Waals surface area (Å²) in [4.78, 5) is 44.9. The van der Waals surface area contributed by atoms with Crippen LogP contribution in [0.4, 0.5) is 10.5 Å². The van der Waals surface area contributed by atoms with Gasteiger partial charge in [0.2, 0.25) is 5.91 Å². The van der Waals surface area contributed by atoms with Crippen LogP contribution in [-0.4, -0.2) is 72.1 Å². The number of likely N-dealkylation sites (N-methyl/N-ethyl adjacent to an activating group) is 1. The Morgan fingerprint density at radius 3 is 2.14 bits per heavy atom. The minimum Gasteiger partial charge on any atom is -0.358 e. The Labute approximate surface area is 207 Å². The van der Waals surface area contributed by atoms with Crippen molar-refractivity contribution in [1.82, 2.24) is 20.4 Å². The molecule has 2 saturated heterocycles. The molecule has 2 aliphatic heterocycles. The van der Waals surface area contributed by atoms with E-state index in [0.29, 0.717) is 32.6 Å². The van der Waals surface area contributed by atoms with Crippen molar-refractivity contribution < 1.29 is 14.4 Å². The van der Waals surface area contributed by atoms with Crippen LogP contribution in [0.3, 0.4) is 0 Å². The van der Waals surface area contributed by atoms with E-state index in [1.54, 1.807) is 11.9 Å². The molecule has 4 saturated carbocycles. The van der Waals surface area contributed by atoms with Crippen LogP contribution in [0.15, 0.2) is 30.3 Å². The molecule has 6 fully saturated rings. The molecule has 1 spiro atoms. The summed E-state index contributed by atoms with van der Waals surface area (Å²) < 4.78 is 0. The Morgan fingerprint density at radius 1 is 0.971 bits per heavy atom. The molecule has 1 aromatic carbocycles. The van der Waals surface area contributed by atoms with Crippen LogP contribution in [0, 0.1) is 17.8 Å². The first-order chi connectivity index (χ1) is 16.9. The number of carbonyl (C=O) groups excluding carboxylic acids is 3. The van der Waals surface area contributed by atoms with Crippen molar-refractivity contribution in [3.63, 3.8) is 0 Å². The van der Waals surface area contributed by atoms with E-state index in [9.17, 15) is 14.4 Å². The number of nitrogens with one attached hydrogen (secondary N) is 2. The molecule has 6 aliphatic rings. The van der Waals surface area contributed by atoms with Gasteiger partial charge in [-0.2, -0.15) is 0 Å². The lowest BCUT2D eigenvalue weighted by atomic mass is 9.53. The molecule has 188 valence electrons. The number of hydrogen-bond donors (Lipinski definition) is 2. The summed E-state index contributed by atoms with van der Waals surface area (Å²) >= 11 is 0. The summed E-state index contributed by atoms with van der Waals surface area (Å²) in [6, 6.07) is 10.00. The fourth-order valence-electron chi connectivity index (χ4n) is 8.22. The summed E-state index contributed by atoms with van der Waals surface area (Å²) in [6.45, 7) is 1.52. The zero-order valence-electron chi connectivity index (χ0n) is 20.7. The van der Waals surface area contributed by atoms with Crippen molar-refractivity contribution in [2.24, 2.45) is 17.8 Å². The van der Waals surface area contributed by atoms with Gasteiger partial charge >= 0.3 is 6.03 Å². The number of para-hydroxylation sites is 1. The third-order valence-corrected chi connectivity index (χ3v) is 9.48. The fraction of sp³-hybridized carbons (Fsp3) is 0.667. The zero-order valence-corrected chi connectivity index (χ0v) is 20.7. The van der Waals surface area contributed by atoms with Crippen molar-refractivity contribution in [2.75, 3.05) is 38.3 Å². The zero-order chi connectivity index (χ0) is 24.2. The largest absolute Gasteiger partial charge is 0.358 e. The minimum atomic E-state index is -0.715. The fourth-order valence-corrected chi connectivity index (χ4v) is 8.22. The van der Waals surface area contributed by atoms with Crippen molar-refractivity contribution in [3.05, 3.63) is 30.3 Å². The SMILES string of the molecule is CNC(=O)CN1CN(c2ccccc2)C2(CCN(C(=O)NC34CC5CC(CC(C5)C3)C4)CC2)C1=O. The quantitative estimate of drug-likeness (QED) is 0.695. The van der Waals surface area contributed by atoms with Crippen molar-refractivity contribution in [3.8, 4) is 0 Å². The predicted octanol–water partition coefficient (Wildman–Crippen LogP) is 2.55. The summed E-state index contributed by atoms with van der Waals surface area (Å²) in [5.74, 6) is 2.18. The normalized spacial score (nSPS) is 32.9. The van der Waals surface area contributed by atoms with Crippen LogP contribution >= 0.6 is 0 Å². The highest BCUT2D eigenvalue weighted by Gasteiger charge is 2.55. The Hall–Kier alpha value is -2.77. The third-order valence-electron chi connectivity index (χ3n) is 9.48. The van der Waals surface area contributed by atoms with Gasteiger partial charge in [0.25, 0.3) is 5.91 Å². The molecule has 4 bridgehead atoms. The van der Waals surface area contributed by atoms with Gasteiger partial charge in [-0.3, -0.25) is 9.59 Å². The highest BCUT2D eigenvalue weighted by atomic mass is 16.2. The van der Waals surface area contributed by atoms with Crippen LogP contribution < -0.4 is 15.5 Å². The number of urea groups is 1. The van der Waals surface area contributed by atoms with E-state index in [1.807, 2.05) is 35.2 Å². The van der Waals surface area contributed by atoms with Gasteiger partial charge in [-0.05, 0) is 81.3 Å². The molecule has 0 radical (unpaired) electrons. The smallest absolute Gasteiger partial charge is 0.317 e. The van der Waals surface area contributed by atoms with Crippen LogP contribution in [-0.2, 0) is 9.59 Å². The van der Waals surface area contributed by atoms with E-state index in [2.05, 4.69) is 15.5 Å². The number of nitrogens with zero attached hydrogens (tertiary/aromatic N) is 3. The van der Waals surface area contributed by atoms with Crippen LogP contribution in [0.25, 0.3) is 0 Å². The van der Waals surface area contributed by atoms with Gasteiger partial charge in [0.15, 0.2) is 0 Å². The van der Waals surface area contributed by atoms with E-state index < -0.39 is 5.54 Å². The van der Waals surface area contributed by atoms with Crippen molar-refractivity contribution >= 4 is 23.5 Å². The number of carbonyl (C=O) groups is 3. The molecule has 0 unspecified atom stereocenters. The average molecular weight is 480 g/mol. The van der Waals surface area contributed by atoms with E-state index in [4.69, 9.17) is 0 Å². The predicted molar refractivity (Wildman–Crippen MR) is 133 cm³/mol. The van der Waals surface area contributed by atoms with Crippen LogP contribution in [0.1, 0.15) is 51.4 Å². The molecule has 1 aromatic rings. The standard InChI is InChI=1S/C27H37N5O3/c1-28-23(33)17-31-18-32(22-5-3-2-4-6-22)27(24(31)34)7-9-30(10-8-27)25(35)29-26-14-19-11-20(15-26)13-21(12-19)16-26/h2-6,19-21H,7-18H2,1H3,(H,28,33)(H,29,35). The summed E-state index contributed by atoms with van der Waals surface area (Å²) in [5, 5.41) is 6.12. The molecule has 7 rings (SSSR count). The number of rotatable bonds is 4. The molecule has 35 heavy (non-hydrogen) atoms. The summed E-state index contributed by atoms with van der Waals surface area (Å²) in [5.41, 5.74) is 0.254. The molecule has 4 aliphatic carbocycles. The van der Waals surface area contributed by atoms with Crippen LogP contribution in [0.2, 0.25) is 0 Å². The second-order valence-electron chi connectivity index (χ2n) is 11.7. The van der Waals surface area contributed by atoms with Gasteiger partial charge < -0.3 is 25.3 Å². The molecule has 8 heteroatoms. The summed E-state index contributed by atoms with van der Waals surface area (Å²) in [7, 11) is 1.59. The average Bonchev–Trinajstić information content (AvgIpc) is 3.10. The number of hydrogen-bond acceptors (Lipinski definition) is 4. The van der Waals surface area contributed by atoms with E-state index in [-0.39, 0.29) is 29.9 Å². The van der Waals surface area contributed by atoms with Crippen molar-refractivity contribution in [1.29, 1.82) is 0 Å². The molecule has 0 aromatic heterocycles. The van der Waals surface area contributed by atoms with Crippen LogP contribution in [0.5, 0.6) is 0 Å². The first-order valence-corrected chi connectivity index (χ1v) is 13.3. The second-order valence-corrected chi connectivity index (χ2v) is 11.7. The molecule has 2 heterocycles. The molecule has 8 nitrogen and oxygen atoms in total. The molecular weight excluding hydrogens is 442 g/mol. The number of anilines is 1. The maximum atomic E-state index is 13.7. The van der Waals surface area contributed by atoms with Gasteiger partial charge in [-0.15, -0.1) is 0 Å². The number of piperidine rings is 1. The Balaban J connectivity index is 1.17. The molecule has 2 N–H and O–H groups in total. The monoisotopic (exact) mass is 479 g/mol. The third kappa shape index (κ3) is 3.85. The number of benzene rings is 1. The van der Waals surface area contributed by atoms with E-state index in [0.717, 1.165) is 42.7 Å². The maximum Gasteiger partial charge on any atom is 0.317 e. The highest BCUT2D eigenvalue weighted by Crippen LogP contribution is 2.55. The maximum absolute atomic E-state index is 13.7. The Kier molecular flexibility index (Phi) is 5.45. The Bertz CT molecular complexity index is 968. The highest BCUT2D eigenvalue weighted by molar-refractivity contribution is 5.96. The second kappa shape index (κ2) is 8.42. The lowest BCUT2D eigenvalue weighted by Crippen LogP contribution is -2.64. The number of amides is 4. The minimum absolute atomic E-state index is 0.00824. The number of likely N-dealkylation sites (tertiary alicyclic amines) is 1. The first kappa shape index (κ1) is 22.7. The van der Waals surface area contributed by atoms with E-state index in [1.165, 1.54) is 19.3 Å².